The monoisotopic (exact) mass is 366 g/mol. The lowest BCUT2D eigenvalue weighted by Crippen LogP contribution is -2.37. The van der Waals surface area contributed by atoms with Gasteiger partial charge in [-0.25, -0.2) is 0 Å². The third-order valence-corrected chi connectivity index (χ3v) is 6.10. The predicted octanol–water partition coefficient (Wildman–Crippen LogP) is 3.91. The number of nitrogens with zero attached hydrogens (tertiary/aromatic N) is 1. The molecule has 26 heavy (non-hydrogen) atoms. The normalized spacial score (nSPS) is 16.9. The minimum absolute atomic E-state index is 0.00269. The lowest BCUT2D eigenvalue weighted by molar-refractivity contribution is -0.121. The third-order valence-electron chi connectivity index (χ3n) is 5.18. The first-order valence-corrected chi connectivity index (χ1v) is 9.98. The van der Waals surface area contributed by atoms with Gasteiger partial charge in [-0.2, -0.15) is 0 Å². The van der Waals surface area contributed by atoms with Crippen molar-refractivity contribution in [2.24, 2.45) is 0 Å². The van der Waals surface area contributed by atoms with Crippen molar-refractivity contribution in [2.45, 2.75) is 32.2 Å². The van der Waals surface area contributed by atoms with Gasteiger partial charge in [0.1, 0.15) is 5.78 Å². The van der Waals surface area contributed by atoms with Gasteiger partial charge < -0.3 is 4.98 Å². The fraction of sp³-hybridized carbons (Fsp3) is 0.333. The fourth-order valence-corrected chi connectivity index (χ4v) is 4.62. The van der Waals surface area contributed by atoms with Crippen LogP contribution >= 0.6 is 11.3 Å². The molecule has 1 N–H and O–H groups in total. The summed E-state index contributed by atoms with van der Waals surface area (Å²) >= 11 is 1.75. The molecule has 1 aliphatic rings. The van der Waals surface area contributed by atoms with Gasteiger partial charge in [0.2, 0.25) is 0 Å². The number of Topliss-reactive ketones (excluding diaryl/α,β-unsaturated/α-hetero) is 1. The average molecular weight is 366 g/mol. The Balaban J connectivity index is 1.79. The summed E-state index contributed by atoms with van der Waals surface area (Å²) < 4.78 is 0. The van der Waals surface area contributed by atoms with Crippen LogP contribution in [-0.2, 0) is 11.2 Å². The van der Waals surface area contributed by atoms with Crippen molar-refractivity contribution in [2.75, 3.05) is 13.1 Å². The van der Waals surface area contributed by atoms with Gasteiger partial charge in [0.25, 0.3) is 5.56 Å². The van der Waals surface area contributed by atoms with Gasteiger partial charge in [0, 0.05) is 41.9 Å². The first kappa shape index (κ1) is 17.2. The average Bonchev–Trinajstić information content (AvgIpc) is 3.17. The van der Waals surface area contributed by atoms with E-state index in [4.69, 9.17) is 0 Å². The molecule has 0 saturated carbocycles. The number of ketones is 1. The van der Waals surface area contributed by atoms with Crippen molar-refractivity contribution >= 4 is 28.0 Å². The predicted molar refractivity (Wildman–Crippen MR) is 106 cm³/mol. The van der Waals surface area contributed by atoms with Crippen LogP contribution in [0.3, 0.4) is 0 Å². The van der Waals surface area contributed by atoms with Crippen LogP contribution in [0.2, 0.25) is 0 Å². The van der Waals surface area contributed by atoms with Crippen LogP contribution in [0.25, 0.3) is 10.9 Å². The summed E-state index contributed by atoms with van der Waals surface area (Å²) in [5.41, 5.74) is 2.89. The Morgan fingerprint density at radius 1 is 1.15 bits per heavy atom. The molecule has 1 aliphatic heterocycles. The number of piperidine rings is 1. The maximum Gasteiger partial charge on any atom is 0.251 e. The molecular weight excluding hydrogens is 344 g/mol. The van der Waals surface area contributed by atoms with Gasteiger partial charge >= 0.3 is 0 Å². The highest BCUT2D eigenvalue weighted by atomic mass is 32.1. The number of hydrogen-bond donors (Lipinski definition) is 1. The first-order valence-electron chi connectivity index (χ1n) is 9.10. The van der Waals surface area contributed by atoms with Gasteiger partial charge in [-0.05, 0) is 47.0 Å². The number of benzene rings is 1. The Kier molecular flexibility index (Phi) is 4.74. The Labute approximate surface area is 156 Å². The Bertz CT molecular complexity index is 981. The first-order chi connectivity index (χ1) is 12.7. The van der Waals surface area contributed by atoms with E-state index in [0.29, 0.717) is 18.6 Å². The SMILES string of the molecule is CCc1cc2cc(C(c3cccs3)N3CCC(=O)CC3)ccc2[nH]c1=O. The van der Waals surface area contributed by atoms with Crippen LogP contribution in [0.15, 0.2) is 46.6 Å². The summed E-state index contributed by atoms with van der Waals surface area (Å²) in [5, 5.41) is 3.17. The zero-order chi connectivity index (χ0) is 18.1. The molecule has 1 unspecified atom stereocenters. The smallest absolute Gasteiger partial charge is 0.251 e. The third kappa shape index (κ3) is 3.24. The topological polar surface area (TPSA) is 53.2 Å². The van der Waals surface area contributed by atoms with Crippen LogP contribution in [0.4, 0.5) is 0 Å². The maximum absolute atomic E-state index is 12.1. The van der Waals surface area contributed by atoms with Crippen LogP contribution < -0.4 is 5.56 Å². The number of pyridine rings is 1. The molecule has 1 fully saturated rings. The number of aromatic amines is 1. The highest BCUT2D eigenvalue weighted by Crippen LogP contribution is 2.34. The van der Waals surface area contributed by atoms with Crippen molar-refractivity contribution in [3.63, 3.8) is 0 Å². The standard InChI is InChI=1S/C21H22N2O2S/c1-2-14-12-16-13-15(5-6-18(16)22-21(14)25)20(19-4-3-11-26-19)23-9-7-17(24)8-10-23/h3-6,11-13,20H,2,7-10H2,1H3,(H,22,25). The number of carbonyl (C=O) groups excluding carboxylic acids is 1. The van der Waals surface area contributed by atoms with Gasteiger partial charge in [0.15, 0.2) is 0 Å². The van der Waals surface area contributed by atoms with Crippen LogP contribution in [0, 0.1) is 0 Å². The van der Waals surface area contributed by atoms with Crippen LogP contribution in [0.5, 0.6) is 0 Å². The minimum Gasteiger partial charge on any atom is -0.322 e. The summed E-state index contributed by atoms with van der Waals surface area (Å²) in [6.07, 6.45) is 1.98. The number of rotatable bonds is 4. The van der Waals surface area contributed by atoms with Gasteiger partial charge in [-0.1, -0.05) is 19.1 Å². The number of aryl methyl sites for hydroxylation is 1. The number of aromatic nitrogens is 1. The molecule has 5 heteroatoms. The van der Waals surface area contributed by atoms with Gasteiger partial charge in [-0.15, -0.1) is 11.3 Å². The lowest BCUT2D eigenvalue weighted by atomic mass is 9.98. The summed E-state index contributed by atoms with van der Waals surface area (Å²) in [6.45, 7) is 3.59. The number of H-pyrrole nitrogens is 1. The molecule has 1 atom stereocenters. The molecule has 0 spiro atoms. The van der Waals surface area contributed by atoms with Crippen molar-refractivity contribution in [3.05, 3.63) is 68.1 Å². The Morgan fingerprint density at radius 3 is 2.65 bits per heavy atom. The minimum atomic E-state index is -0.00269. The van der Waals surface area contributed by atoms with E-state index in [1.54, 1.807) is 11.3 Å². The second-order valence-electron chi connectivity index (χ2n) is 6.82. The molecule has 0 radical (unpaired) electrons. The van der Waals surface area contributed by atoms with E-state index < -0.39 is 0 Å². The zero-order valence-electron chi connectivity index (χ0n) is 14.8. The summed E-state index contributed by atoms with van der Waals surface area (Å²) in [4.78, 5) is 30.4. The second kappa shape index (κ2) is 7.17. The summed E-state index contributed by atoms with van der Waals surface area (Å²) in [6, 6.07) is 12.7. The maximum atomic E-state index is 12.1. The number of carbonyl (C=O) groups is 1. The van der Waals surface area contributed by atoms with Crippen molar-refractivity contribution in [3.8, 4) is 0 Å². The molecule has 3 heterocycles. The molecule has 1 saturated heterocycles. The number of hydrogen-bond acceptors (Lipinski definition) is 4. The zero-order valence-corrected chi connectivity index (χ0v) is 15.6. The Morgan fingerprint density at radius 2 is 1.96 bits per heavy atom. The van der Waals surface area contributed by atoms with E-state index >= 15 is 0 Å². The van der Waals surface area contributed by atoms with E-state index in [1.807, 2.05) is 19.1 Å². The quantitative estimate of drug-likeness (QED) is 0.762. The molecule has 134 valence electrons. The Hall–Kier alpha value is -2.24. The molecule has 4 nitrogen and oxygen atoms in total. The van der Waals surface area contributed by atoms with Crippen molar-refractivity contribution in [1.82, 2.24) is 9.88 Å². The second-order valence-corrected chi connectivity index (χ2v) is 7.80. The largest absolute Gasteiger partial charge is 0.322 e. The van der Waals surface area contributed by atoms with E-state index in [0.717, 1.165) is 36.0 Å². The van der Waals surface area contributed by atoms with Gasteiger partial charge in [0.05, 0.1) is 6.04 Å². The molecule has 0 amide bonds. The number of thiophene rings is 1. The van der Waals surface area contributed by atoms with Crippen LogP contribution in [-0.4, -0.2) is 28.8 Å². The van der Waals surface area contributed by atoms with E-state index in [-0.39, 0.29) is 11.6 Å². The molecule has 1 aromatic carbocycles. The van der Waals surface area contributed by atoms with Crippen molar-refractivity contribution in [1.29, 1.82) is 0 Å². The van der Waals surface area contributed by atoms with Gasteiger partial charge in [-0.3, -0.25) is 14.5 Å². The van der Waals surface area contributed by atoms with E-state index in [2.05, 4.69) is 39.5 Å². The highest BCUT2D eigenvalue weighted by molar-refractivity contribution is 7.10. The summed E-state index contributed by atoms with van der Waals surface area (Å²) in [7, 11) is 0. The molecule has 4 rings (SSSR count). The number of nitrogens with one attached hydrogen (secondary N) is 1. The molecular formula is C21H22N2O2S. The van der Waals surface area contributed by atoms with E-state index in [9.17, 15) is 9.59 Å². The fourth-order valence-electron chi connectivity index (χ4n) is 3.74. The molecule has 2 aromatic heterocycles. The summed E-state index contributed by atoms with van der Waals surface area (Å²) in [5.74, 6) is 0.356. The molecule has 3 aromatic rings. The van der Waals surface area contributed by atoms with Crippen LogP contribution in [0.1, 0.15) is 41.8 Å². The number of fused-ring (bicyclic) bond motifs is 1. The molecule has 0 bridgehead atoms. The number of likely N-dealkylation sites (tertiary alicyclic amines) is 1. The molecule has 0 aliphatic carbocycles. The highest BCUT2D eigenvalue weighted by Gasteiger charge is 2.27. The lowest BCUT2D eigenvalue weighted by Gasteiger charge is -2.34. The van der Waals surface area contributed by atoms with Crippen molar-refractivity contribution < 1.29 is 4.79 Å². The van der Waals surface area contributed by atoms with E-state index in [1.165, 1.54) is 10.4 Å².